The van der Waals surface area contributed by atoms with Crippen molar-refractivity contribution in [1.29, 1.82) is 0 Å². The highest BCUT2D eigenvalue weighted by Crippen LogP contribution is 2.45. The van der Waals surface area contributed by atoms with E-state index in [9.17, 15) is 18.4 Å². The first-order valence-corrected chi connectivity index (χ1v) is 9.48. The molecule has 7 nitrogen and oxygen atoms in total. The third kappa shape index (κ3) is 2.80. The molecule has 2 unspecified atom stereocenters. The number of nitrogens with zero attached hydrogens (tertiary/aromatic N) is 2. The van der Waals surface area contributed by atoms with E-state index in [0.29, 0.717) is 0 Å². The molecule has 3 N–H and O–H groups in total. The van der Waals surface area contributed by atoms with Crippen molar-refractivity contribution in [1.82, 2.24) is 9.55 Å². The molecule has 4 rings (SSSR count). The van der Waals surface area contributed by atoms with Crippen molar-refractivity contribution in [3.63, 3.8) is 0 Å². The van der Waals surface area contributed by atoms with Crippen molar-refractivity contribution in [2.24, 2.45) is 11.7 Å². The maximum absolute atomic E-state index is 15.5. The Kier molecular flexibility index (Phi) is 4.54. The lowest BCUT2D eigenvalue weighted by Gasteiger charge is -2.30. The number of anilines is 1. The summed E-state index contributed by atoms with van der Waals surface area (Å²) < 4.78 is 51.3. The van der Waals surface area contributed by atoms with Gasteiger partial charge in [0.05, 0.1) is 29.1 Å². The number of hydrogen-bond acceptors (Lipinski definition) is 5. The fourth-order valence-corrected chi connectivity index (χ4v) is 4.50. The van der Waals surface area contributed by atoms with Gasteiger partial charge < -0.3 is 15.4 Å². The number of aryl methyl sites for hydroxylation is 2. The van der Waals surface area contributed by atoms with Gasteiger partial charge in [0.1, 0.15) is 6.23 Å². The summed E-state index contributed by atoms with van der Waals surface area (Å²) in [5, 5.41) is 0.0607. The second-order valence-electron chi connectivity index (χ2n) is 7.85. The second kappa shape index (κ2) is 6.60. The molecule has 2 aromatic rings. The lowest BCUT2D eigenvalue weighted by atomic mass is 10.0. The number of fused-ring (bicyclic) bond motifs is 1. The number of aromatic amines is 1. The van der Waals surface area contributed by atoms with Crippen LogP contribution in [0.5, 0.6) is 0 Å². The largest absolute Gasteiger partial charge is 0.361 e. The molecule has 2 aliphatic rings. The van der Waals surface area contributed by atoms with Crippen molar-refractivity contribution in [3.8, 4) is 0 Å². The van der Waals surface area contributed by atoms with E-state index in [1.54, 1.807) is 6.92 Å². The number of H-pyrrole nitrogens is 1. The highest BCUT2D eigenvalue weighted by atomic mass is 19.3. The molecule has 0 spiro atoms. The number of nitrogens with one attached hydrogen (secondary N) is 1. The van der Waals surface area contributed by atoms with Crippen LogP contribution in [0.3, 0.4) is 0 Å². The maximum Gasteiger partial charge on any atom is 0.329 e. The molecular formula is C19H23F3N4O3. The van der Waals surface area contributed by atoms with E-state index < -0.39 is 41.7 Å². The minimum Gasteiger partial charge on any atom is -0.361 e. The molecular weight excluding hydrogens is 389 g/mol. The first kappa shape index (κ1) is 20.0. The van der Waals surface area contributed by atoms with Gasteiger partial charge in [-0.2, -0.15) is 0 Å². The first-order chi connectivity index (χ1) is 13.6. The fraction of sp³-hybridized carbons (Fsp3) is 0.579. The van der Waals surface area contributed by atoms with Crippen molar-refractivity contribution < 1.29 is 17.9 Å². The first-order valence-electron chi connectivity index (χ1n) is 9.48. The molecule has 2 heterocycles. The minimum atomic E-state index is -3.18. The molecule has 1 saturated carbocycles. The van der Waals surface area contributed by atoms with Crippen molar-refractivity contribution in [3.05, 3.63) is 37.8 Å². The van der Waals surface area contributed by atoms with Crippen LogP contribution in [0, 0.1) is 25.6 Å². The predicted octanol–water partition coefficient (Wildman–Crippen LogP) is 1.78. The average molecular weight is 412 g/mol. The Morgan fingerprint density at radius 3 is 2.45 bits per heavy atom. The Balaban J connectivity index is 2.05. The highest BCUT2D eigenvalue weighted by molar-refractivity contribution is 5.90. The van der Waals surface area contributed by atoms with Crippen molar-refractivity contribution in [2.75, 3.05) is 25.1 Å². The normalized spacial score (nSPS) is 23.9. The van der Waals surface area contributed by atoms with Crippen LogP contribution in [0.1, 0.15) is 30.0 Å². The van der Waals surface area contributed by atoms with Crippen LogP contribution in [-0.4, -0.2) is 41.9 Å². The van der Waals surface area contributed by atoms with E-state index in [1.807, 2.05) is 0 Å². The van der Waals surface area contributed by atoms with Gasteiger partial charge in [0.15, 0.2) is 5.82 Å². The van der Waals surface area contributed by atoms with Gasteiger partial charge in [-0.25, -0.2) is 18.0 Å². The Labute approximate surface area is 164 Å². The van der Waals surface area contributed by atoms with E-state index >= 15 is 4.39 Å². The standard InChI is InChI=1S/C19H23F3N4O3/c1-8-12-14(26(10-4-5-10)18(28)24-16(12)27)9(2)15(13(8)20)25-7-19(21,22)11(6-23)17(25)29-3/h10-11,17H,4-7,23H2,1-3H3,(H,24,27,28). The van der Waals surface area contributed by atoms with E-state index in [0.717, 1.165) is 17.7 Å². The van der Waals surface area contributed by atoms with Gasteiger partial charge in [0, 0.05) is 30.8 Å². The Morgan fingerprint density at radius 2 is 1.90 bits per heavy atom. The van der Waals surface area contributed by atoms with Crippen LogP contribution in [-0.2, 0) is 4.74 Å². The number of aromatic nitrogens is 2. The molecule has 1 aromatic carbocycles. The minimum absolute atomic E-state index is 0.00520. The van der Waals surface area contributed by atoms with Crippen LogP contribution < -0.4 is 21.9 Å². The summed E-state index contributed by atoms with van der Waals surface area (Å²) >= 11 is 0. The maximum atomic E-state index is 15.5. The average Bonchev–Trinajstić information content (AvgIpc) is 3.43. The molecule has 1 saturated heterocycles. The summed E-state index contributed by atoms with van der Waals surface area (Å²) in [5.41, 5.74) is 4.74. The Morgan fingerprint density at radius 1 is 1.24 bits per heavy atom. The zero-order chi connectivity index (χ0) is 21.2. The smallest absolute Gasteiger partial charge is 0.329 e. The number of methoxy groups -OCH3 is 1. The molecule has 158 valence electrons. The quantitative estimate of drug-likeness (QED) is 0.799. The molecule has 2 atom stereocenters. The zero-order valence-electron chi connectivity index (χ0n) is 16.4. The van der Waals surface area contributed by atoms with Crippen LogP contribution in [0.25, 0.3) is 10.9 Å². The lowest BCUT2D eigenvalue weighted by Crippen LogP contribution is -2.40. The number of rotatable bonds is 4. The van der Waals surface area contributed by atoms with E-state index in [1.165, 1.54) is 18.6 Å². The highest BCUT2D eigenvalue weighted by Gasteiger charge is 2.55. The molecule has 0 amide bonds. The SMILES string of the molecule is COC1C(CN)C(F)(F)CN1c1c(F)c(C)c2c(=O)[nH]c(=O)n(C3CC3)c2c1C. The summed E-state index contributed by atoms with van der Waals surface area (Å²) in [6, 6.07) is -0.103. The summed E-state index contributed by atoms with van der Waals surface area (Å²) in [5.74, 6) is -5.27. The molecule has 10 heteroatoms. The summed E-state index contributed by atoms with van der Waals surface area (Å²) in [6.45, 7) is 1.85. The fourth-order valence-electron chi connectivity index (χ4n) is 4.50. The summed E-state index contributed by atoms with van der Waals surface area (Å²) in [4.78, 5) is 28.4. The third-order valence-corrected chi connectivity index (χ3v) is 6.04. The van der Waals surface area contributed by atoms with Gasteiger partial charge in [-0.15, -0.1) is 0 Å². The van der Waals surface area contributed by atoms with Gasteiger partial charge in [-0.3, -0.25) is 14.3 Å². The Hall–Kier alpha value is -2.33. The van der Waals surface area contributed by atoms with Crippen LogP contribution in [0.2, 0.25) is 0 Å². The second-order valence-corrected chi connectivity index (χ2v) is 7.85. The van der Waals surface area contributed by atoms with E-state index in [4.69, 9.17) is 10.5 Å². The van der Waals surface area contributed by atoms with Crippen LogP contribution in [0.4, 0.5) is 18.9 Å². The van der Waals surface area contributed by atoms with Gasteiger partial charge in [-0.05, 0) is 26.7 Å². The van der Waals surface area contributed by atoms with E-state index in [-0.39, 0.29) is 40.3 Å². The number of hydrogen-bond donors (Lipinski definition) is 2. The number of nitrogens with two attached hydrogens (primary N) is 1. The molecule has 0 radical (unpaired) electrons. The topological polar surface area (TPSA) is 93.3 Å². The molecule has 0 bridgehead atoms. The number of ether oxygens (including phenoxy) is 1. The van der Waals surface area contributed by atoms with Gasteiger partial charge in [-0.1, -0.05) is 0 Å². The van der Waals surface area contributed by atoms with Gasteiger partial charge in [0.2, 0.25) is 0 Å². The van der Waals surface area contributed by atoms with Crippen LogP contribution in [0.15, 0.2) is 9.59 Å². The molecule has 1 aliphatic carbocycles. The molecule has 29 heavy (non-hydrogen) atoms. The predicted molar refractivity (Wildman–Crippen MR) is 102 cm³/mol. The van der Waals surface area contributed by atoms with Crippen LogP contribution >= 0.6 is 0 Å². The van der Waals surface area contributed by atoms with Gasteiger partial charge in [0.25, 0.3) is 11.5 Å². The summed E-state index contributed by atoms with van der Waals surface area (Å²) in [7, 11) is 1.27. The number of benzene rings is 1. The Bertz CT molecular complexity index is 1110. The van der Waals surface area contributed by atoms with Gasteiger partial charge >= 0.3 is 5.69 Å². The lowest BCUT2D eigenvalue weighted by molar-refractivity contribution is -0.0563. The molecule has 1 aliphatic heterocycles. The summed E-state index contributed by atoms with van der Waals surface area (Å²) in [6.07, 6.45) is 0.372. The number of halogens is 3. The molecule has 2 fully saturated rings. The van der Waals surface area contributed by atoms with Crippen molar-refractivity contribution in [2.45, 2.75) is 44.9 Å². The monoisotopic (exact) mass is 412 g/mol. The zero-order valence-corrected chi connectivity index (χ0v) is 16.4. The van der Waals surface area contributed by atoms with Crippen molar-refractivity contribution >= 4 is 16.6 Å². The number of alkyl halides is 2. The third-order valence-electron chi connectivity index (χ3n) is 6.04. The molecule has 1 aromatic heterocycles. The van der Waals surface area contributed by atoms with E-state index in [2.05, 4.69) is 4.98 Å².